The number of amides is 1. The molecule has 0 unspecified atom stereocenters. The van der Waals surface area contributed by atoms with E-state index in [9.17, 15) is 13.2 Å². The fraction of sp³-hybridized carbons (Fsp3) is 0. The van der Waals surface area contributed by atoms with Gasteiger partial charge >= 0.3 is 0 Å². The van der Waals surface area contributed by atoms with Crippen LogP contribution in [0.4, 0.5) is 11.4 Å². The topological polar surface area (TPSA) is 87.3 Å². The third-order valence-electron chi connectivity index (χ3n) is 3.58. The van der Waals surface area contributed by atoms with Gasteiger partial charge < -0.3 is 5.32 Å². The summed E-state index contributed by atoms with van der Waals surface area (Å²) < 4.78 is 27.6. The molecule has 0 atom stereocenters. The molecule has 0 bridgehead atoms. The van der Waals surface area contributed by atoms with Gasteiger partial charge in [-0.15, -0.1) is 11.3 Å². The number of hydrogen-bond acceptors (Lipinski definition) is 5. The van der Waals surface area contributed by atoms with Crippen LogP contribution in [0.2, 0.25) is 10.0 Å². The zero-order chi connectivity index (χ0) is 21.0. The van der Waals surface area contributed by atoms with E-state index in [0.29, 0.717) is 10.7 Å². The summed E-state index contributed by atoms with van der Waals surface area (Å²) in [6.45, 7) is 0. The molecule has 0 aliphatic rings. The summed E-state index contributed by atoms with van der Waals surface area (Å²) in [6.07, 6.45) is 0. The highest BCUT2D eigenvalue weighted by Gasteiger charge is 2.18. The Labute approximate surface area is 186 Å². The molecule has 2 aromatic carbocycles. The van der Waals surface area contributed by atoms with Crippen LogP contribution in [0.15, 0.2) is 64.2 Å². The molecule has 1 heterocycles. The SMILES string of the molecule is O=C(NC(=S)Nc1ccccc1NS(=O)(=O)c1cccs1)c1ccc(Cl)cc1Cl. The van der Waals surface area contributed by atoms with Gasteiger partial charge in [-0.2, -0.15) is 0 Å². The summed E-state index contributed by atoms with van der Waals surface area (Å²) in [5.74, 6) is -0.527. The van der Waals surface area contributed by atoms with Gasteiger partial charge in [0.1, 0.15) is 4.21 Å². The minimum Gasteiger partial charge on any atom is -0.331 e. The molecule has 150 valence electrons. The molecular weight excluding hydrogens is 473 g/mol. The van der Waals surface area contributed by atoms with E-state index in [1.165, 1.54) is 24.3 Å². The molecule has 1 aromatic heterocycles. The molecule has 0 fully saturated rings. The van der Waals surface area contributed by atoms with Gasteiger partial charge in [-0.05, 0) is 54.0 Å². The van der Waals surface area contributed by atoms with E-state index in [4.69, 9.17) is 35.4 Å². The number of thiophene rings is 1. The van der Waals surface area contributed by atoms with Crippen molar-refractivity contribution in [3.63, 3.8) is 0 Å². The van der Waals surface area contributed by atoms with Crippen molar-refractivity contribution in [1.82, 2.24) is 5.32 Å². The Bertz CT molecular complexity index is 1170. The number of hydrogen-bond donors (Lipinski definition) is 3. The van der Waals surface area contributed by atoms with Crippen LogP contribution in [0.3, 0.4) is 0 Å². The van der Waals surface area contributed by atoms with Crippen molar-refractivity contribution < 1.29 is 13.2 Å². The van der Waals surface area contributed by atoms with Gasteiger partial charge in [0, 0.05) is 5.02 Å². The molecule has 11 heteroatoms. The average Bonchev–Trinajstić information content (AvgIpc) is 3.18. The van der Waals surface area contributed by atoms with Crippen LogP contribution in [-0.4, -0.2) is 19.4 Å². The molecular formula is C18H13Cl2N3O3S3. The number of para-hydroxylation sites is 2. The van der Waals surface area contributed by atoms with Gasteiger partial charge in [0.15, 0.2) is 5.11 Å². The Morgan fingerprint density at radius 3 is 2.38 bits per heavy atom. The molecule has 6 nitrogen and oxygen atoms in total. The smallest absolute Gasteiger partial charge is 0.271 e. The number of carbonyl (C=O) groups is 1. The fourth-order valence-corrected chi connectivity index (χ4v) is 5.06. The number of rotatable bonds is 5. The van der Waals surface area contributed by atoms with Crippen LogP contribution in [0.1, 0.15) is 10.4 Å². The van der Waals surface area contributed by atoms with Gasteiger partial charge in [-0.3, -0.25) is 14.8 Å². The van der Waals surface area contributed by atoms with Crippen LogP contribution in [0.25, 0.3) is 0 Å². The number of halogens is 2. The number of carbonyl (C=O) groups excluding carboxylic acids is 1. The summed E-state index contributed by atoms with van der Waals surface area (Å²) in [5.41, 5.74) is 0.856. The second-order valence-electron chi connectivity index (χ2n) is 5.62. The second kappa shape index (κ2) is 9.10. The third-order valence-corrected chi connectivity index (χ3v) is 7.10. The molecule has 0 saturated carbocycles. The molecule has 0 radical (unpaired) electrons. The largest absolute Gasteiger partial charge is 0.331 e. The highest BCUT2D eigenvalue weighted by atomic mass is 35.5. The van der Waals surface area contributed by atoms with Crippen LogP contribution in [-0.2, 0) is 10.0 Å². The van der Waals surface area contributed by atoms with Gasteiger partial charge in [0.05, 0.1) is 22.0 Å². The zero-order valence-electron chi connectivity index (χ0n) is 14.5. The van der Waals surface area contributed by atoms with Crippen molar-refractivity contribution in [3.05, 3.63) is 75.6 Å². The molecule has 0 aliphatic heterocycles. The fourth-order valence-electron chi connectivity index (χ4n) is 2.29. The molecule has 1 amide bonds. The predicted molar refractivity (Wildman–Crippen MR) is 122 cm³/mol. The predicted octanol–water partition coefficient (Wildman–Crippen LogP) is 4.98. The van der Waals surface area contributed by atoms with E-state index < -0.39 is 15.9 Å². The molecule has 3 rings (SSSR count). The first-order valence-electron chi connectivity index (χ1n) is 7.99. The summed E-state index contributed by atoms with van der Waals surface area (Å²) in [5, 5.41) is 7.55. The van der Waals surface area contributed by atoms with Gasteiger partial charge in [-0.1, -0.05) is 41.4 Å². The van der Waals surface area contributed by atoms with E-state index in [-0.39, 0.29) is 25.6 Å². The maximum atomic E-state index is 12.5. The van der Waals surface area contributed by atoms with Gasteiger partial charge in [0.25, 0.3) is 15.9 Å². The average molecular weight is 486 g/mol. The van der Waals surface area contributed by atoms with E-state index in [0.717, 1.165) is 11.3 Å². The summed E-state index contributed by atoms with van der Waals surface area (Å²) in [6, 6.07) is 14.2. The Morgan fingerprint density at radius 1 is 1.00 bits per heavy atom. The number of sulfonamides is 1. The summed E-state index contributed by atoms with van der Waals surface area (Å²) >= 11 is 18.1. The first-order valence-corrected chi connectivity index (χ1v) is 11.5. The van der Waals surface area contributed by atoms with Crippen molar-refractivity contribution in [3.8, 4) is 0 Å². The Morgan fingerprint density at radius 2 is 1.72 bits per heavy atom. The highest BCUT2D eigenvalue weighted by Crippen LogP contribution is 2.26. The molecule has 3 N–H and O–H groups in total. The van der Waals surface area contributed by atoms with E-state index in [2.05, 4.69) is 15.4 Å². The molecule has 0 spiro atoms. The number of benzene rings is 2. The molecule has 29 heavy (non-hydrogen) atoms. The lowest BCUT2D eigenvalue weighted by atomic mass is 10.2. The lowest BCUT2D eigenvalue weighted by molar-refractivity contribution is 0.0978. The Hall–Kier alpha value is -2.17. The van der Waals surface area contributed by atoms with Crippen LogP contribution >= 0.6 is 46.8 Å². The molecule has 0 saturated heterocycles. The monoisotopic (exact) mass is 485 g/mol. The van der Waals surface area contributed by atoms with Crippen molar-refractivity contribution in [1.29, 1.82) is 0 Å². The van der Waals surface area contributed by atoms with Crippen molar-refractivity contribution in [2.24, 2.45) is 0 Å². The minimum atomic E-state index is -3.74. The lowest BCUT2D eigenvalue weighted by Gasteiger charge is -2.15. The lowest BCUT2D eigenvalue weighted by Crippen LogP contribution is -2.34. The van der Waals surface area contributed by atoms with Gasteiger partial charge in [-0.25, -0.2) is 8.42 Å². The summed E-state index contributed by atoms with van der Waals surface area (Å²) in [7, 11) is -3.74. The Kier molecular flexibility index (Phi) is 6.76. The minimum absolute atomic E-state index is 0.0243. The van der Waals surface area contributed by atoms with Crippen molar-refractivity contribution >= 4 is 79.2 Å². The normalized spacial score (nSPS) is 11.0. The number of nitrogens with one attached hydrogen (secondary N) is 3. The van der Waals surface area contributed by atoms with Gasteiger partial charge in [0.2, 0.25) is 0 Å². The first kappa shape index (κ1) is 21.5. The highest BCUT2D eigenvalue weighted by molar-refractivity contribution is 7.94. The number of anilines is 2. The van der Waals surface area contributed by atoms with Crippen molar-refractivity contribution in [2.45, 2.75) is 4.21 Å². The third kappa shape index (κ3) is 5.46. The zero-order valence-corrected chi connectivity index (χ0v) is 18.4. The maximum Gasteiger partial charge on any atom is 0.271 e. The van der Waals surface area contributed by atoms with E-state index >= 15 is 0 Å². The van der Waals surface area contributed by atoms with E-state index in [1.54, 1.807) is 35.7 Å². The summed E-state index contributed by atoms with van der Waals surface area (Å²) in [4.78, 5) is 12.4. The first-order chi connectivity index (χ1) is 13.8. The number of thiocarbonyl (C=S) groups is 1. The quantitative estimate of drug-likeness (QED) is 0.443. The van der Waals surface area contributed by atoms with E-state index in [1.807, 2.05) is 0 Å². The molecule has 0 aliphatic carbocycles. The van der Waals surface area contributed by atoms with Crippen LogP contribution < -0.4 is 15.4 Å². The van der Waals surface area contributed by atoms with Crippen LogP contribution in [0, 0.1) is 0 Å². The van der Waals surface area contributed by atoms with Crippen molar-refractivity contribution in [2.75, 3.05) is 10.0 Å². The standard InChI is InChI=1S/C18H13Cl2N3O3S3/c19-11-7-8-12(13(20)10-11)17(24)22-18(27)21-14-4-1-2-5-15(14)23-29(25,26)16-6-3-9-28-16/h1-10,23H,(H2,21,22,24,27). The second-order valence-corrected chi connectivity index (χ2v) is 9.72. The van der Waals surface area contributed by atoms with Crippen LogP contribution in [0.5, 0.6) is 0 Å². The molecule has 3 aromatic rings. The Balaban J connectivity index is 1.73. The maximum absolute atomic E-state index is 12.5.